The van der Waals surface area contributed by atoms with Gasteiger partial charge in [0.1, 0.15) is 5.82 Å². The minimum atomic E-state index is -0.414. The van der Waals surface area contributed by atoms with Crippen molar-refractivity contribution >= 4 is 0 Å². The first kappa shape index (κ1) is 12.3. The summed E-state index contributed by atoms with van der Waals surface area (Å²) in [6, 6.07) is 4.82. The maximum absolute atomic E-state index is 13.5. The Kier molecular flexibility index (Phi) is 3.06. The van der Waals surface area contributed by atoms with Crippen molar-refractivity contribution in [2.24, 2.45) is 5.92 Å². The van der Waals surface area contributed by atoms with E-state index in [2.05, 4.69) is 10.1 Å². The van der Waals surface area contributed by atoms with Gasteiger partial charge in [-0.25, -0.2) is 4.39 Å². The lowest BCUT2D eigenvalue weighted by molar-refractivity contribution is 0.140. The topological polar surface area (TPSA) is 59.2 Å². The third-order valence-corrected chi connectivity index (χ3v) is 3.45. The summed E-state index contributed by atoms with van der Waals surface area (Å²) in [7, 11) is 0. The van der Waals surface area contributed by atoms with Crippen molar-refractivity contribution in [3.8, 4) is 11.4 Å². The predicted molar refractivity (Wildman–Crippen MR) is 66.9 cm³/mol. The number of hydrogen-bond donors (Lipinski definition) is 1. The molecule has 100 valence electrons. The van der Waals surface area contributed by atoms with Crippen LogP contribution in [0.3, 0.4) is 0 Å². The van der Waals surface area contributed by atoms with Crippen LogP contribution in [0.5, 0.6) is 0 Å². The van der Waals surface area contributed by atoms with E-state index < -0.39 is 6.10 Å². The number of aliphatic hydroxyl groups is 1. The Bertz CT molecular complexity index is 593. The predicted octanol–water partition coefficient (Wildman–Crippen LogP) is 2.50. The van der Waals surface area contributed by atoms with Crippen LogP contribution < -0.4 is 0 Å². The molecule has 5 heteroatoms. The quantitative estimate of drug-likeness (QED) is 0.919. The summed E-state index contributed by atoms with van der Waals surface area (Å²) in [5, 5.41) is 13.6. The Hall–Kier alpha value is -1.75. The normalized spacial score (nSPS) is 16.6. The zero-order valence-electron chi connectivity index (χ0n) is 10.6. The van der Waals surface area contributed by atoms with Gasteiger partial charge in [-0.3, -0.25) is 0 Å². The maximum Gasteiger partial charge on any atom is 0.229 e. The van der Waals surface area contributed by atoms with Gasteiger partial charge in [-0.2, -0.15) is 4.98 Å². The standard InChI is InChI=1S/C14H15FN2O2/c1-8-2-3-10(6-11(8)15)14-16-13(19-17-14)7-12(18)9-4-5-9/h2-3,6,9,12,18H,4-5,7H2,1H3. The molecular weight excluding hydrogens is 247 g/mol. The molecule has 1 aromatic heterocycles. The molecule has 0 spiro atoms. The number of halogens is 1. The zero-order chi connectivity index (χ0) is 13.4. The highest BCUT2D eigenvalue weighted by Crippen LogP contribution is 2.33. The van der Waals surface area contributed by atoms with Crippen molar-refractivity contribution < 1.29 is 14.0 Å². The molecule has 1 aliphatic carbocycles. The Morgan fingerprint density at radius 2 is 2.26 bits per heavy atom. The minimum absolute atomic E-state index is 0.290. The fraction of sp³-hybridized carbons (Fsp3) is 0.429. The van der Waals surface area contributed by atoms with Crippen LogP contribution in [0.4, 0.5) is 4.39 Å². The molecule has 1 fully saturated rings. The number of hydrogen-bond acceptors (Lipinski definition) is 4. The summed E-state index contributed by atoms with van der Waals surface area (Å²) in [6.45, 7) is 1.70. The Morgan fingerprint density at radius 1 is 1.47 bits per heavy atom. The molecule has 0 amide bonds. The highest BCUT2D eigenvalue weighted by molar-refractivity contribution is 5.54. The van der Waals surface area contributed by atoms with Crippen LogP contribution in [0.2, 0.25) is 0 Å². The Labute approximate surface area is 110 Å². The summed E-state index contributed by atoms with van der Waals surface area (Å²) in [5.41, 5.74) is 1.16. The van der Waals surface area contributed by atoms with Crippen LogP contribution in [0, 0.1) is 18.7 Å². The molecule has 1 unspecified atom stereocenters. The second-order valence-corrected chi connectivity index (χ2v) is 5.08. The van der Waals surface area contributed by atoms with E-state index in [0.29, 0.717) is 35.2 Å². The number of aryl methyl sites for hydroxylation is 1. The second kappa shape index (κ2) is 4.74. The molecule has 0 radical (unpaired) electrons. The number of aromatic nitrogens is 2. The number of nitrogens with zero attached hydrogens (tertiary/aromatic N) is 2. The van der Waals surface area contributed by atoms with Gasteiger partial charge < -0.3 is 9.63 Å². The Morgan fingerprint density at radius 3 is 2.95 bits per heavy atom. The first-order chi connectivity index (χ1) is 9.13. The van der Waals surface area contributed by atoms with E-state index in [1.165, 1.54) is 6.07 Å². The van der Waals surface area contributed by atoms with Crippen LogP contribution in [0.1, 0.15) is 24.3 Å². The van der Waals surface area contributed by atoms with Gasteiger partial charge in [0.2, 0.25) is 11.7 Å². The monoisotopic (exact) mass is 262 g/mol. The molecule has 1 atom stereocenters. The summed E-state index contributed by atoms with van der Waals surface area (Å²) in [4.78, 5) is 4.20. The molecule has 1 aromatic carbocycles. The lowest BCUT2D eigenvalue weighted by Gasteiger charge is -2.03. The van der Waals surface area contributed by atoms with Crippen LogP contribution in [-0.4, -0.2) is 21.4 Å². The van der Waals surface area contributed by atoms with Crippen LogP contribution in [-0.2, 0) is 6.42 Å². The van der Waals surface area contributed by atoms with Gasteiger partial charge in [0.05, 0.1) is 12.5 Å². The van der Waals surface area contributed by atoms with Gasteiger partial charge in [-0.05, 0) is 37.3 Å². The average Bonchev–Trinajstić information content (AvgIpc) is 3.14. The zero-order valence-corrected chi connectivity index (χ0v) is 10.6. The van der Waals surface area contributed by atoms with E-state index in [-0.39, 0.29) is 5.82 Å². The molecule has 19 heavy (non-hydrogen) atoms. The molecular formula is C14H15FN2O2. The summed E-state index contributed by atoms with van der Waals surface area (Å²) in [6.07, 6.45) is 2.07. The largest absolute Gasteiger partial charge is 0.392 e. The highest BCUT2D eigenvalue weighted by Gasteiger charge is 2.31. The molecule has 0 saturated heterocycles. The van der Waals surface area contributed by atoms with Crippen molar-refractivity contribution in [1.29, 1.82) is 0 Å². The molecule has 0 aliphatic heterocycles. The molecule has 4 nitrogen and oxygen atoms in total. The van der Waals surface area contributed by atoms with Gasteiger partial charge in [0, 0.05) is 5.56 Å². The third-order valence-electron chi connectivity index (χ3n) is 3.45. The average molecular weight is 262 g/mol. The fourth-order valence-corrected chi connectivity index (χ4v) is 2.01. The smallest absolute Gasteiger partial charge is 0.229 e. The molecule has 1 saturated carbocycles. The molecule has 0 bridgehead atoms. The van der Waals surface area contributed by atoms with Gasteiger partial charge in [0.15, 0.2) is 0 Å². The first-order valence-electron chi connectivity index (χ1n) is 6.40. The van der Waals surface area contributed by atoms with Gasteiger partial charge >= 0.3 is 0 Å². The van der Waals surface area contributed by atoms with E-state index in [1.807, 2.05) is 0 Å². The molecule has 1 aliphatic rings. The summed E-state index contributed by atoms with van der Waals surface area (Å²) < 4.78 is 18.6. The Balaban J connectivity index is 1.77. The van der Waals surface area contributed by atoms with Crippen LogP contribution in [0.15, 0.2) is 22.7 Å². The minimum Gasteiger partial charge on any atom is -0.392 e. The molecule has 3 rings (SSSR count). The van der Waals surface area contributed by atoms with E-state index in [9.17, 15) is 9.50 Å². The summed E-state index contributed by atoms with van der Waals surface area (Å²) >= 11 is 0. The summed E-state index contributed by atoms with van der Waals surface area (Å²) in [5.74, 6) is 0.835. The number of benzene rings is 1. The number of rotatable bonds is 4. The highest BCUT2D eigenvalue weighted by atomic mass is 19.1. The van der Waals surface area contributed by atoms with Crippen molar-refractivity contribution in [2.45, 2.75) is 32.3 Å². The lowest BCUT2D eigenvalue weighted by Crippen LogP contribution is -2.12. The maximum atomic E-state index is 13.5. The van der Waals surface area contributed by atoms with Gasteiger partial charge in [-0.15, -0.1) is 0 Å². The van der Waals surface area contributed by atoms with Gasteiger partial charge in [0.25, 0.3) is 0 Å². The second-order valence-electron chi connectivity index (χ2n) is 5.08. The SMILES string of the molecule is Cc1ccc(-c2noc(CC(O)C3CC3)n2)cc1F. The van der Waals surface area contributed by atoms with Crippen LogP contribution >= 0.6 is 0 Å². The van der Waals surface area contributed by atoms with Crippen molar-refractivity contribution in [2.75, 3.05) is 0 Å². The van der Waals surface area contributed by atoms with E-state index in [1.54, 1.807) is 19.1 Å². The molecule has 1 N–H and O–H groups in total. The van der Waals surface area contributed by atoms with Crippen molar-refractivity contribution in [3.63, 3.8) is 0 Å². The number of aliphatic hydroxyl groups excluding tert-OH is 1. The molecule has 2 aromatic rings. The third kappa shape index (κ3) is 2.66. The molecule has 1 heterocycles. The van der Waals surface area contributed by atoms with E-state index in [0.717, 1.165) is 12.8 Å². The van der Waals surface area contributed by atoms with Crippen molar-refractivity contribution in [1.82, 2.24) is 10.1 Å². The van der Waals surface area contributed by atoms with Crippen molar-refractivity contribution in [3.05, 3.63) is 35.5 Å². The van der Waals surface area contributed by atoms with E-state index >= 15 is 0 Å². The lowest BCUT2D eigenvalue weighted by atomic mass is 10.1. The van der Waals surface area contributed by atoms with Crippen LogP contribution in [0.25, 0.3) is 11.4 Å². The van der Waals surface area contributed by atoms with E-state index in [4.69, 9.17) is 4.52 Å². The first-order valence-corrected chi connectivity index (χ1v) is 6.40. The van der Waals surface area contributed by atoms with Gasteiger partial charge in [-0.1, -0.05) is 17.3 Å². The fourth-order valence-electron chi connectivity index (χ4n) is 2.01.